The molecule has 1 saturated heterocycles. The summed E-state index contributed by atoms with van der Waals surface area (Å²) < 4.78 is 0. The van der Waals surface area contributed by atoms with E-state index in [-0.39, 0.29) is 5.54 Å². The van der Waals surface area contributed by atoms with E-state index in [0.29, 0.717) is 5.56 Å². The van der Waals surface area contributed by atoms with Crippen molar-refractivity contribution in [3.63, 3.8) is 0 Å². The molecule has 0 amide bonds. The first-order valence-electron chi connectivity index (χ1n) is 5.99. The van der Waals surface area contributed by atoms with Crippen LogP contribution in [0.3, 0.4) is 0 Å². The van der Waals surface area contributed by atoms with Gasteiger partial charge in [-0.05, 0) is 51.4 Å². The summed E-state index contributed by atoms with van der Waals surface area (Å²) in [6.45, 7) is 6.16. The van der Waals surface area contributed by atoms with Crippen LogP contribution in [-0.4, -0.2) is 23.6 Å². The molecule has 0 bridgehead atoms. The van der Waals surface area contributed by atoms with Crippen molar-refractivity contribution in [2.45, 2.75) is 32.2 Å². The van der Waals surface area contributed by atoms with E-state index in [1.165, 1.54) is 0 Å². The molecule has 2 rings (SSSR count). The minimum atomic E-state index is 0.0393. The monoisotopic (exact) mass is 230 g/mol. The molecule has 1 aliphatic heterocycles. The van der Waals surface area contributed by atoms with E-state index < -0.39 is 0 Å². The second-order valence-electron chi connectivity index (χ2n) is 4.90. The van der Waals surface area contributed by atoms with Crippen molar-refractivity contribution < 1.29 is 0 Å². The lowest BCUT2D eigenvalue weighted by Gasteiger charge is -2.35. The summed E-state index contributed by atoms with van der Waals surface area (Å²) in [5, 5.41) is 16.0. The highest BCUT2D eigenvalue weighted by Gasteiger charge is 2.27. The lowest BCUT2D eigenvalue weighted by atomic mass is 9.90. The molecule has 1 aromatic heterocycles. The van der Waals surface area contributed by atoms with Crippen molar-refractivity contribution in [3.8, 4) is 6.07 Å². The number of rotatable bonds is 2. The second-order valence-corrected chi connectivity index (χ2v) is 4.90. The maximum absolute atomic E-state index is 9.17. The molecule has 0 saturated carbocycles. The van der Waals surface area contributed by atoms with Gasteiger partial charge in [-0.15, -0.1) is 0 Å². The largest absolute Gasteiger partial charge is 0.364 e. The zero-order valence-electron chi connectivity index (χ0n) is 10.4. The van der Waals surface area contributed by atoms with E-state index in [9.17, 15) is 5.26 Å². The molecule has 17 heavy (non-hydrogen) atoms. The first-order chi connectivity index (χ1) is 8.14. The molecular formula is C13H18N4. The standard InChI is InChI=1S/C13H18N4/c1-10-3-6-16-12(11(10)9-14)17-13(2)4-7-15-8-5-13/h3,6,15H,4-5,7-8H2,1-2H3,(H,16,17). The highest BCUT2D eigenvalue weighted by molar-refractivity contribution is 5.56. The summed E-state index contributed by atoms with van der Waals surface area (Å²) in [5.74, 6) is 0.719. The fraction of sp³-hybridized carbons (Fsp3) is 0.538. The van der Waals surface area contributed by atoms with E-state index in [0.717, 1.165) is 37.3 Å². The van der Waals surface area contributed by atoms with Gasteiger partial charge in [-0.1, -0.05) is 0 Å². The molecule has 4 nitrogen and oxygen atoms in total. The fourth-order valence-electron chi connectivity index (χ4n) is 2.18. The van der Waals surface area contributed by atoms with Gasteiger partial charge in [0.1, 0.15) is 11.9 Å². The lowest BCUT2D eigenvalue weighted by molar-refractivity contribution is 0.364. The van der Waals surface area contributed by atoms with Gasteiger partial charge in [0.2, 0.25) is 0 Å². The number of anilines is 1. The Morgan fingerprint density at radius 2 is 2.18 bits per heavy atom. The van der Waals surface area contributed by atoms with Crippen LogP contribution in [0.1, 0.15) is 30.9 Å². The summed E-state index contributed by atoms with van der Waals surface area (Å²) >= 11 is 0. The van der Waals surface area contributed by atoms with E-state index in [1.54, 1.807) is 6.20 Å². The fourth-order valence-corrected chi connectivity index (χ4v) is 2.18. The molecule has 90 valence electrons. The van der Waals surface area contributed by atoms with Crippen molar-refractivity contribution in [1.29, 1.82) is 5.26 Å². The normalized spacial score (nSPS) is 18.4. The van der Waals surface area contributed by atoms with Crippen LogP contribution in [0.4, 0.5) is 5.82 Å². The molecule has 1 aromatic rings. The molecule has 0 aliphatic carbocycles. The van der Waals surface area contributed by atoms with Gasteiger partial charge in [-0.25, -0.2) is 4.98 Å². The van der Waals surface area contributed by atoms with Crippen molar-refractivity contribution in [3.05, 3.63) is 23.4 Å². The number of nitrogens with one attached hydrogen (secondary N) is 2. The smallest absolute Gasteiger partial charge is 0.144 e. The van der Waals surface area contributed by atoms with Crippen molar-refractivity contribution in [1.82, 2.24) is 10.3 Å². The minimum Gasteiger partial charge on any atom is -0.364 e. The minimum absolute atomic E-state index is 0.0393. The van der Waals surface area contributed by atoms with Crippen molar-refractivity contribution in [2.75, 3.05) is 18.4 Å². The first kappa shape index (κ1) is 11.9. The Balaban J connectivity index is 2.24. The predicted octanol–water partition coefficient (Wildman–Crippen LogP) is 1.82. The van der Waals surface area contributed by atoms with Gasteiger partial charge in [0.25, 0.3) is 0 Å². The first-order valence-corrected chi connectivity index (χ1v) is 5.99. The SMILES string of the molecule is Cc1ccnc(NC2(C)CCNCC2)c1C#N. The molecule has 4 heteroatoms. The summed E-state index contributed by atoms with van der Waals surface area (Å²) in [6, 6.07) is 4.10. The third-order valence-electron chi connectivity index (χ3n) is 3.40. The number of hydrogen-bond acceptors (Lipinski definition) is 4. The Labute approximate surface area is 102 Å². The number of hydrogen-bond donors (Lipinski definition) is 2. The number of piperidine rings is 1. The number of nitriles is 1. The van der Waals surface area contributed by atoms with Gasteiger partial charge in [0.15, 0.2) is 0 Å². The van der Waals surface area contributed by atoms with Crippen LogP contribution in [0.25, 0.3) is 0 Å². The lowest BCUT2D eigenvalue weighted by Crippen LogP contribution is -2.45. The van der Waals surface area contributed by atoms with Gasteiger partial charge in [-0.2, -0.15) is 5.26 Å². The molecule has 2 heterocycles. The van der Waals surface area contributed by atoms with Gasteiger partial charge in [0, 0.05) is 11.7 Å². The number of pyridine rings is 1. The molecule has 0 radical (unpaired) electrons. The zero-order chi connectivity index (χ0) is 12.3. The van der Waals surface area contributed by atoms with E-state index in [4.69, 9.17) is 0 Å². The molecule has 0 atom stereocenters. The summed E-state index contributed by atoms with van der Waals surface area (Å²) in [7, 11) is 0. The Morgan fingerprint density at radius 1 is 1.47 bits per heavy atom. The summed E-state index contributed by atoms with van der Waals surface area (Å²) in [5.41, 5.74) is 1.67. The van der Waals surface area contributed by atoms with Crippen LogP contribution in [0.2, 0.25) is 0 Å². The Kier molecular flexibility index (Phi) is 3.30. The highest BCUT2D eigenvalue weighted by Crippen LogP contribution is 2.25. The maximum Gasteiger partial charge on any atom is 0.144 e. The number of aromatic nitrogens is 1. The van der Waals surface area contributed by atoms with E-state index >= 15 is 0 Å². The quantitative estimate of drug-likeness (QED) is 0.813. The summed E-state index contributed by atoms with van der Waals surface area (Å²) in [4.78, 5) is 4.30. The average Bonchev–Trinajstić information content (AvgIpc) is 2.30. The third kappa shape index (κ3) is 2.56. The molecule has 0 aromatic carbocycles. The van der Waals surface area contributed by atoms with E-state index in [2.05, 4.69) is 28.6 Å². The molecule has 0 spiro atoms. The van der Waals surface area contributed by atoms with E-state index in [1.807, 2.05) is 13.0 Å². The molecular weight excluding hydrogens is 212 g/mol. The predicted molar refractivity (Wildman–Crippen MR) is 67.8 cm³/mol. The summed E-state index contributed by atoms with van der Waals surface area (Å²) in [6.07, 6.45) is 3.85. The van der Waals surface area contributed by atoms with Gasteiger partial charge in [0.05, 0.1) is 5.56 Å². The van der Waals surface area contributed by atoms with Crippen LogP contribution in [-0.2, 0) is 0 Å². The molecule has 1 aliphatic rings. The Hall–Kier alpha value is -1.60. The highest BCUT2D eigenvalue weighted by atomic mass is 15.1. The molecule has 0 unspecified atom stereocenters. The van der Waals surface area contributed by atoms with Crippen LogP contribution in [0, 0.1) is 18.3 Å². The van der Waals surface area contributed by atoms with Crippen LogP contribution < -0.4 is 10.6 Å². The maximum atomic E-state index is 9.17. The van der Waals surface area contributed by atoms with Gasteiger partial charge < -0.3 is 10.6 Å². The number of nitrogens with zero attached hydrogens (tertiary/aromatic N) is 2. The van der Waals surface area contributed by atoms with Crippen molar-refractivity contribution in [2.24, 2.45) is 0 Å². The Bertz CT molecular complexity index is 441. The van der Waals surface area contributed by atoms with Crippen molar-refractivity contribution >= 4 is 5.82 Å². The second kappa shape index (κ2) is 4.72. The molecule has 1 fully saturated rings. The zero-order valence-corrected chi connectivity index (χ0v) is 10.4. The van der Waals surface area contributed by atoms with Crippen LogP contribution in [0.15, 0.2) is 12.3 Å². The van der Waals surface area contributed by atoms with Gasteiger partial charge in [-0.3, -0.25) is 0 Å². The van der Waals surface area contributed by atoms with Crippen LogP contribution in [0.5, 0.6) is 0 Å². The average molecular weight is 230 g/mol. The number of aryl methyl sites for hydroxylation is 1. The Morgan fingerprint density at radius 3 is 2.82 bits per heavy atom. The topological polar surface area (TPSA) is 60.7 Å². The third-order valence-corrected chi connectivity index (χ3v) is 3.40. The molecule has 2 N–H and O–H groups in total. The van der Waals surface area contributed by atoms with Crippen LogP contribution >= 0.6 is 0 Å². The van der Waals surface area contributed by atoms with Gasteiger partial charge >= 0.3 is 0 Å².